The molecule has 0 aliphatic rings. The summed E-state index contributed by atoms with van der Waals surface area (Å²) in [5.74, 6) is 0. The lowest BCUT2D eigenvalue weighted by Crippen LogP contribution is -2.10. The molecule has 4 aromatic heterocycles. The fourth-order valence-electron chi connectivity index (χ4n) is 11.7. The minimum atomic E-state index is -4.85. The van der Waals surface area contributed by atoms with E-state index in [2.05, 4.69) is 103 Å². The third-order valence-corrected chi connectivity index (χ3v) is 14.4. The Morgan fingerprint density at radius 1 is 0.417 bits per heavy atom. The van der Waals surface area contributed by atoms with Gasteiger partial charge in [0.25, 0.3) is 0 Å². The molecule has 0 N–H and O–H groups in total. The van der Waals surface area contributed by atoms with Crippen LogP contribution in [0.25, 0.3) is 126 Å². The highest BCUT2D eigenvalue weighted by atomic mass is 19.4. The molecule has 0 saturated heterocycles. The maximum Gasteiger partial charge on any atom is 0.415 e. The van der Waals surface area contributed by atoms with E-state index in [0.717, 1.165) is 99.1 Å². The van der Waals surface area contributed by atoms with Gasteiger partial charge in [0.05, 0.1) is 67.6 Å². The Bertz CT molecular complexity index is 4690. The lowest BCUT2D eigenvalue weighted by molar-refractivity contribution is -0.137. The Kier molecular flexibility index (Phi) is 8.77. The van der Waals surface area contributed by atoms with Gasteiger partial charge >= 0.3 is 6.18 Å². The SMILES string of the molecule is [C-]#[N+]c1cccc(C(F)(F)F)c1-c1ccc(-n2c3ccccc3c3ccc4c(c5ccccc5n4-c4ccccc4)c32)c(C#N)c1-n1c2ccccc2c2ccc3c(c4ccccc4n3-c3ccccc3)c21. The van der Waals surface area contributed by atoms with E-state index in [9.17, 15) is 5.26 Å². The first-order valence-corrected chi connectivity index (χ1v) is 23.5. The van der Waals surface area contributed by atoms with Crippen LogP contribution in [0.15, 0.2) is 212 Å². The minimum absolute atomic E-state index is 0.104. The molecule has 0 amide bonds. The van der Waals surface area contributed by atoms with Crippen LogP contribution in [-0.4, -0.2) is 18.3 Å². The fraction of sp³-hybridized carbons (Fsp3) is 0.0159. The second-order valence-electron chi connectivity index (χ2n) is 18.1. The van der Waals surface area contributed by atoms with Crippen molar-refractivity contribution in [3.63, 3.8) is 0 Å². The summed E-state index contributed by atoms with van der Waals surface area (Å²) in [6.45, 7) is 8.34. The van der Waals surface area contributed by atoms with E-state index in [-0.39, 0.29) is 28.1 Å². The summed E-state index contributed by atoms with van der Waals surface area (Å²) >= 11 is 0. The van der Waals surface area contributed by atoms with Gasteiger partial charge < -0.3 is 18.3 Å². The van der Waals surface area contributed by atoms with E-state index in [4.69, 9.17) is 6.57 Å². The zero-order valence-corrected chi connectivity index (χ0v) is 38.0. The molecule has 0 aliphatic carbocycles. The summed E-state index contributed by atoms with van der Waals surface area (Å²) in [7, 11) is 0. The number of para-hydroxylation sites is 6. The highest BCUT2D eigenvalue weighted by Crippen LogP contribution is 2.51. The van der Waals surface area contributed by atoms with E-state index in [1.807, 2.05) is 108 Å². The van der Waals surface area contributed by atoms with E-state index in [1.165, 1.54) is 12.1 Å². The molecule has 0 fully saturated rings. The topological polar surface area (TPSA) is 47.9 Å². The van der Waals surface area contributed by atoms with Gasteiger partial charge in [-0.05, 0) is 72.3 Å². The maximum atomic E-state index is 15.6. The number of aromatic nitrogens is 4. The van der Waals surface area contributed by atoms with Crippen LogP contribution in [0.3, 0.4) is 0 Å². The lowest BCUT2D eigenvalue weighted by atomic mass is 9.92. The monoisotopic (exact) mass is 932 g/mol. The Morgan fingerprint density at radius 2 is 0.875 bits per heavy atom. The van der Waals surface area contributed by atoms with Gasteiger partial charge in [-0.1, -0.05) is 146 Å². The fourth-order valence-corrected chi connectivity index (χ4v) is 11.7. The molecule has 72 heavy (non-hydrogen) atoms. The second kappa shape index (κ2) is 15.3. The molecule has 338 valence electrons. The molecule has 10 aromatic carbocycles. The van der Waals surface area contributed by atoms with Crippen LogP contribution >= 0.6 is 0 Å². The van der Waals surface area contributed by atoms with Gasteiger partial charge in [-0.2, -0.15) is 18.4 Å². The summed E-state index contributed by atoms with van der Waals surface area (Å²) in [6, 6.07) is 70.9. The predicted molar refractivity (Wildman–Crippen MR) is 285 cm³/mol. The number of fused-ring (bicyclic) bond motifs is 14. The van der Waals surface area contributed by atoms with Crippen LogP contribution in [0, 0.1) is 17.9 Å². The summed E-state index contributed by atoms with van der Waals surface area (Å²) < 4.78 is 55.5. The predicted octanol–water partition coefficient (Wildman–Crippen LogP) is 17.2. The highest BCUT2D eigenvalue weighted by Gasteiger charge is 2.37. The van der Waals surface area contributed by atoms with Gasteiger partial charge in [0.2, 0.25) is 0 Å². The van der Waals surface area contributed by atoms with Crippen molar-refractivity contribution in [3.05, 3.63) is 235 Å². The normalized spacial score (nSPS) is 12.1. The standard InChI is InChI=1S/C63H35F3N6/c1-68-49-26-16-25-48(63(64,65)66)57(49)46-33-34-54(71-50-27-12-8-21-40(50)42-31-35-55-58(61(42)71)44-23-10-14-29-52(44)69(55)38-17-4-2-5-18-38)47(37-67)60(46)72-51-28-13-9-22-41(51)43-32-36-56-59(62(43)72)45-24-11-15-30-53(45)70(56)39-19-6-3-7-20-39/h2-36H. The summed E-state index contributed by atoms with van der Waals surface area (Å²) in [5.41, 5.74) is 8.30. The molecule has 0 spiro atoms. The molecule has 6 nitrogen and oxygen atoms in total. The molecule has 0 atom stereocenters. The first-order chi connectivity index (χ1) is 35.4. The van der Waals surface area contributed by atoms with Crippen molar-refractivity contribution in [1.29, 1.82) is 5.26 Å². The molecular formula is C63H35F3N6. The molecule has 14 rings (SSSR count). The molecule has 0 aliphatic heterocycles. The van der Waals surface area contributed by atoms with E-state index in [0.29, 0.717) is 11.2 Å². The maximum absolute atomic E-state index is 15.6. The Morgan fingerprint density at radius 3 is 1.38 bits per heavy atom. The molecule has 0 unspecified atom stereocenters. The van der Waals surface area contributed by atoms with Crippen molar-refractivity contribution >= 4 is 92.9 Å². The smallest absolute Gasteiger partial charge is 0.309 e. The van der Waals surface area contributed by atoms with Crippen LogP contribution in [0.2, 0.25) is 0 Å². The zero-order chi connectivity index (χ0) is 48.4. The Balaban J connectivity index is 1.22. The molecule has 0 saturated carbocycles. The van der Waals surface area contributed by atoms with E-state index < -0.39 is 11.7 Å². The number of alkyl halides is 3. The van der Waals surface area contributed by atoms with Crippen LogP contribution in [0.5, 0.6) is 0 Å². The molecular weight excluding hydrogens is 898 g/mol. The third kappa shape index (κ3) is 5.65. The van der Waals surface area contributed by atoms with Crippen LogP contribution in [-0.2, 0) is 6.18 Å². The largest absolute Gasteiger partial charge is 0.415 e. The molecule has 4 heterocycles. The van der Waals surface area contributed by atoms with Gasteiger partial charge in [-0.25, -0.2) is 4.85 Å². The van der Waals surface area contributed by atoms with Crippen LogP contribution < -0.4 is 0 Å². The number of halogens is 3. The zero-order valence-electron chi connectivity index (χ0n) is 38.0. The highest BCUT2D eigenvalue weighted by molar-refractivity contribution is 6.28. The van der Waals surface area contributed by atoms with Crippen molar-refractivity contribution in [2.45, 2.75) is 6.18 Å². The second-order valence-corrected chi connectivity index (χ2v) is 18.1. The summed E-state index contributed by atoms with van der Waals surface area (Å²) in [5, 5.41) is 19.5. The molecule has 9 heteroatoms. The van der Waals surface area contributed by atoms with Crippen molar-refractivity contribution in [3.8, 4) is 39.9 Å². The first-order valence-electron chi connectivity index (χ1n) is 23.5. The van der Waals surface area contributed by atoms with Gasteiger partial charge in [-0.15, -0.1) is 0 Å². The summed E-state index contributed by atoms with van der Waals surface area (Å²) in [4.78, 5) is 3.74. The van der Waals surface area contributed by atoms with Crippen LogP contribution in [0.4, 0.5) is 18.9 Å². The lowest BCUT2D eigenvalue weighted by Gasteiger charge is -2.23. The van der Waals surface area contributed by atoms with Crippen molar-refractivity contribution in [2.75, 3.05) is 0 Å². The number of hydrogen-bond donors (Lipinski definition) is 0. The van der Waals surface area contributed by atoms with Gasteiger partial charge in [0.15, 0.2) is 5.69 Å². The van der Waals surface area contributed by atoms with Crippen molar-refractivity contribution < 1.29 is 13.2 Å². The van der Waals surface area contributed by atoms with Crippen LogP contribution in [0.1, 0.15) is 11.1 Å². The van der Waals surface area contributed by atoms with Crippen molar-refractivity contribution in [1.82, 2.24) is 18.3 Å². The number of rotatable bonds is 5. The van der Waals surface area contributed by atoms with Gasteiger partial charge in [0, 0.05) is 60.0 Å². The van der Waals surface area contributed by atoms with Crippen molar-refractivity contribution in [2.24, 2.45) is 0 Å². The number of nitriles is 1. The molecule has 0 radical (unpaired) electrons. The van der Waals surface area contributed by atoms with E-state index >= 15 is 13.2 Å². The third-order valence-electron chi connectivity index (χ3n) is 14.4. The van der Waals surface area contributed by atoms with E-state index in [1.54, 1.807) is 12.1 Å². The van der Waals surface area contributed by atoms with Gasteiger partial charge in [0.1, 0.15) is 11.6 Å². The quantitative estimate of drug-likeness (QED) is 0.159. The Labute approximate surface area is 408 Å². The first kappa shape index (κ1) is 41.2. The average molecular weight is 933 g/mol. The minimum Gasteiger partial charge on any atom is -0.309 e. The summed E-state index contributed by atoms with van der Waals surface area (Å²) in [6.07, 6.45) is -4.85. The molecule has 0 bridgehead atoms. The Hall–Kier alpha value is -9.83. The number of hydrogen-bond acceptors (Lipinski definition) is 1. The number of nitrogens with zero attached hydrogens (tertiary/aromatic N) is 6. The van der Waals surface area contributed by atoms with Gasteiger partial charge in [-0.3, -0.25) is 0 Å². The number of benzene rings is 10. The average Bonchev–Trinajstić information content (AvgIpc) is 4.16. The molecule has 14 aromatic rings.